The number of carbonyl (C=O) groups is 1. The Morgan fingerprint density at radius 3 is 2.17 bits per heavy atom. The van der Waals surface area contributed by atoms with Crippen LogP contribution in [0.1, 0.15) is 12.5 Å². The summed E-state index contributed by atoms with van der Waals surface area (Å²) in [7, 11) is 4.68. The van der Waals surface area contributed by atoms with E-state index in [-0.39, 0.29) is 25.1 Å². The zero-order chi connectivity index (χ0) is 21.2. The van der Waals surface area contributed by atoms with Crippen molar-refractivity contribution in [3.63, 3.8) is 0 Å². The summed E-state index contributed by atoms with van der Waals surface area (Å²) in [5.41, 5.74) is 0.856. The van der Waals surface area contributed by atoms with E-state index in [1.165, 1.54) is 0 Å². The van der Waals surface area contributed by atoms with Gasteiger partial charge in [0.2, 0.25) is 5.75 Å². The van der Waals surface area contributed by atoms with Crippen LogP contribution in [-0.2, 0) is 16.1 Å². The van der Waals surface area contributed by atoms with Gasteiger partial charge in [0.05, 0.1) is 47.3 Å². The average molecular weight is 449 g/mol. The molecular formula is C20H33ClN2O7. The van der Waals surface area contributed by atoms with Crippen LogP contribution in [0.4, 0.5) is 4.79 Å². The zero-order valence-electron chi connectivity index (χ0n) is 18.1. The van der Waals surface area contributed by atoms with Gasteiger partial charge in [0, 0.05) is 32.7 Å². The number of hydrogen-bond donors (Lipinski definition) is 1. The second-order valence-electron chi connectivity index (χ2n) is 6.69. The smallest absolute Gasteiger partial charge is 0.409 e. The number of aliphatic hydroxyl groups excluding tert-OH is 1. The summed E-state index contributed by atoms with van der Waals surface area (Å²) in [4.78, 5) is 15.5. The predicted molar refractivity (Wildman–Crippen MR) is 114 cm³/mol. The Labute approximate surface area is 184 Å². The van der Waals surface area contributed by atoms with E-state index >= 15 is 0 Å². The van der Waals surface area contributed by atoms with Gasteiger partial charge in [0.15, 0.2) is 11.5 Å². The Hall–Kier alpha value is -1.94. The lowest BCUT2D eigenvalue weighted by molar-refractivity contribution is 0.00113. The topological polar surface area (TPSA) is 89.9 Å². The zero-order valence-corrected chi connectivity index (χ0v) is 18.9. The molecule has 0 aliphatic carbocycles. The Morgan fingerprint density at radius 2 is 1.67 bits per heavy atom. The van der Waals surface area contributed by atoms with Crippen molar-refractivity contribution in [2.75, 3.05) is 67.3 Å². The number of halogens is 1. The minimum atomic E-state index is -0.619. The molecule has 10 heteroatoms. The Morgan fingerprint density at radius 1 is 1.07 bits per heavy atom. The SMILES string of the molecule is CCOC(=O)N1CCN(CC(O)COCc2cc(OC)c(OC)c(OC)c2)CC1.Cl. The van der Waals surface area contributed by atoms with Crippen molar-refractivity contribution in [3.8, 4) is 17.2 Å². The maximum Gasteiger partial charge on any atom is 0.409 e. The predicted octanol–water partition coefficient (Wildman–Crippen LogP) is 1.79. The molecule has 1 amide bonds. The van der Waals surface area contributed by atoms with Crippen LogP contribution in [0, 0.1) is 0 Å². The first-order valence-electron chi connectivity index (χ1n) is 9.71. The molecule has 1 atom stereocenters. The second kappa shape index (κ2) is 13.4. The first-order valence-corrected chi connectivity index (χ1v) is 9.71. The van der Waals surface area contributed by atoms with E-state index in [2.05, 4.69) is 4.90 Å². The summed E-state index contributed by atoms with van der Waals surface area (Å²) in [6.07, 6.45) is -0.896. The number of piperazine rings is 1. The van der Waals surface area contributed by atoms with Crippen LogP contribution in [0.3, 0.4) is 0 Å². The molecule has 1 unspecified atom stereocenters. The molecule has 1 aliphatic heterocycles. The minimum Gasteiger partial charge on any atom is -0.493 e. The average Bonchev–Trinajstić information content (AvgIpc) is 2.73. The van der Waals surface area contributed by atoms with Crippen LogP contribution in [0.5, 0.6) is 17.2 Å². The van der Waals surface area contributed by atoms with Gasteiger partial charge in [-0.15, -0.1) is 12.4 Å². The Bertz CT molecular complexity index is 629. The molecule has 2 rings (SSSR count). The van der Waals surface area contributed by atoms with E-state index in [0.717, 1.165) is 5.56 Å². The van der Waals surface area contributed by atoms with Crippen molar-refractivity contribution in [1.82, 2.24) is 9.80 Å². The van der Waals surface area contributed by atoms with Gasteiger partial charge in [-0.1, -0.05) is 0 Å². The van der Waals surface area contributed by atoms with Gasteiger partial charge < -0.3 is 33.7 Å². The highest BCUT2D eigenvalue weighted by atomic mass is 35.5. The number of nitrogens with zero attached hydrogens (tertiary/aromatic N) is 2. The molecule has 1 heterocycles. The molecule has 172 valence electrons. The van der Waals surface area contributed by atoms with Crippen LogP contribution in [-0.4, -0.2) is 94.4 Å². The molecule has 1 aromatic rings. The van der Waals surface area contributed by atoms with Crippen LogP contribution >= 0.6 is 12.4 Å². The number of aliphatic hydroxyl groups is 1. The van der Waals surface area contributed by atoms with E-state index in [4.69, 9.17) is 23.7 Å². The van der Waals surface area contributed by atoms with Crippen molar-refractivity contribution < 1.29 is 33.6 Å². The standard InChI is InChI=1S/C20H32N2O7.ClH/c1-5-29-20(24)22-8-6-21(7-9-22)12-16(23)14-28-13-15-10-17(25-2)19(27-4)18(11-15)26-3;/h10-11,16,23H,5-9,12-14H2,1-4H3;1H. The summed E-state index contributed by atoms with van der Waals surface area (Å²) in [6.45, 7) is 5.76. The molecule has 1 aromatic carbocycles. The molecule has 0 aromatic heterocycles. The first-order chi connectivity index (χ1) is 14.0. The van der Waals surface area contributed by atoms with Gasteiger partial charge in [-0.2, -0.15) is 0 Å². The summed E-state index contributed by atoms with van der Waals surface area (Å²) >= 11 is 0. The fourth-order valence-electron chi connectivity index (χ4n) is 3.21. The van der Waals surface area contributed by atoms with Gasteiger partial charge in [0.1, 0.15) is 0 Å². The highest BCUT2D eigenvalue weighted by Crippen LogP contribution is 2.38. The van der Waals surface area contributed by atoms with Gasteiger partial charge >= 0.3 is 6.09 Å². The number of hydrogen-bond acceptors (Lipinski definition) is 8. The number of ether oxygens (including phenoxy) is 5. The molecule has 9 nitrogen and oxygen atoms in total. The van der Waals surface area contributed by atoms with E-state index < -0.39 is 6.10 Å². The van der Waals surface area contributed by atoms with Gasteiger partial charge in [-0.25, -0.2) is 4.79 Å². The molecule has 1 fully saturated rings. The third-order valence-electron chi connectivity index (χ3n) is 4.67. The molecule has 0 saturated carbocycles. The van der Waals surface area contributed by atoms with Gasteiger partial charge in [-0.05, 0) is 24.6 Å². The van der Waals surface area contributed by atoms with Crippen LogP contribution < -0.4 is 14.2 Å². The largest absolute Gasteiger partial charge is 0.493 e. The van der Waals surface area contributed by atoms with Gasteiger partial charge in [0.25, 0.3) is 0 Å². The maximum absolute atomic E-state index is 11.7. The molecule has 0 bridgehead atoms. The summed E-state index contributed by atoms with van der Waals surface area (Å²) in [5.74, 6) is 1.65. The molecule has 1 N–H and O–H groups in total. The van der Waals surface area contributed by atoms with Crippen LogP contribution in [0.25, 0.3) is 0 Å². The van der Waals surface area contributed by atoms with Gasteiger partial charge in [-0.3, -0.25) is 4.90 Å². The van der Waals surface area contributed by atoms with Crippen LogP contribution in [0.2, 0.25) is 0 Å². The number of rotatable bonds is 10. The van der Waals surface area contributed by atoms with Crippen molar-refractivity contribution in [1.29, 1.82) is 0 Å². The van der Waals surface area contributed by atoms with E-state index in [0.29, 0.717) is 63.2 Å². The molecule has 0 spiro atoms. The fraction of sp³-hybridized carbons (Fsp3) is 0.650. The first kappa shape index (κ1) is 26.1. The molecule has 30 heavy (non-hydrogen) atoms. The Balaban J connectivity index is 0.00000450. The highest BCUT2D eigenvalue weighted by molar-refractivity contribution is 5.85. The van der Waals surface area contributed by atoms with Crippen molar-refractivity contribution in [2.45, 2.75) is 19.6 Å². The third kappa shape index (κ3) is 7.39. The lowest BCUT2D eigenvalue weighted by Crippen LogP contribution is -2.50. The number of carbonyl (C=O) groups excluding carboxylic acids is 1. The summed E-state index contributed by atoms with van der Waals surface area (Å²) in [6, 6.07) is 3.64. The number of amides is 1. The summed E-state index contributed by atoms with van der Waals surface area (Å²) < 4.78 is 26.7. The van der Waals surface area contributed by atoms with Crippen molar-refractivity contribution >= 4 is 18.5 Å². The molecule has 1 aliphatic rings. The molecule has 0 radical (unpaired) electrons. The highest BCUT2D eigenvalue weighted by Gasteiger charge is 2.23. The third-order valence-corrected chi connectivity index (χ3v) is 4.67. The number of methoxy groups -OCH3 is 3. The second-order valence-corrected chi connectivity index (χ2v) is 6.69. The number of benzene rings is 1. The van der Waals surface area contributed by atoms with E-state index in [9.17, 15) is 9.90 Å². The Kier molecular flexibility index (Phi) is 11.6. The molecular weight excluding hydrogens is 416 g/mol. The summed E-state index contributed by atoms with van der Waals surface area (Å²) in [5, 5.41) is 10.3. The maximum atomic E-state index is 11.7. The number of β-amino-alcohol motifs (C(OH)–C–C–N with tert-alkyl or cyclic N) is 1. The van der Waals surface area contributed by atoms with Crippen LogP contribution in [0.15, 0.2) is 12.1 Å². The lowest BCUT2D eigenvalue weighted by Gasteiger charge is -2.34. The fourth-order valence-corrected chi connectivity index (χ4v) is 3.21. The van der Waals surface area contributed by atoms with Crippen molar-refractivity contribution in [3.05, 3.63) is 17.7 Å². The quantitative estimate of drug-likeness (QED) is 0.579. The van der Waals surface area contributed by atoms with E-state index in [1.807, 2.05) is 12.1 Å². The lowest BCUT2D eigenvalue weighted by atomic mass is 10.2. The minimum absolute atomic E-state index is 0. The molecule has 1 saturated heterocycles. The van der Waals surface area contributed by atoms with Crippen molar-refractivity contribution in [2.24, 2.45) is 0 Å². The monoisotopic (exact) mass is 448 g/mol. The normalized spacial score (nSPS) is 15.2. The van der Waals surface area contributed by atoms with E-state index in [1.54, 1.807) is 33.2 Å².